The van der Waals surface area contributed by atoms with Crippen molar-refractivity contribution >= 4 is 27.8 Å². The lowest BCUT2D eigenvalue weighted by Crippen LogP contribution is -2.36. The number of halogens is 1. The monoisotopic (exact) mass is 419 g/mol. The topological polar surface area (TPSA) is 55.8 Å². The van der Waals surface area contributed by atoms with Crippen LogP contribution in [0.3, 0.4) is 0 Å². The van der Waals surface area contributed by atoms with Crippen LogP contribution in [0, 0.1) is 0 Å². The van der Waals surface area contributed by atoms with Crippen molar-refractivity contribution in [2.75, 3.05) is 20.2 Å². The first-order chi connectivity index (χ1) is 12.5. The molecule has 0 saturated heterocycles. The predicted octanol–water partition coefficient (Wildman–Crippen LogP) is 4.22. The number of hydrogen-bond acceptors (Lipinski definition) is 4. The maximum Gasteiger partial charge on any atom is 0.339 e. The maximum atomic E-state index is 12.9. The third-order valence-corrected chi connectivity index (χ3v) is 4.63. The van der Waals surface area contributed by atoms with E-state index in [1.807, 2.05) is 32.0 Å². The minimum atomic E-state index is -0.982. The zero-order valence-electron chi connectivity index (χ0n) is 15.1. The third kappa shape index (κ3) is 4.64. The Kier molecular flexibility index (Phi) is 7.21. The van der Waals surface area contributed by atoms with Gasteiger partial charge in [-0.2, -0.15) is 0 Å². The molecule has 5 nitrogen and oxygen atoms in total. The van der Waals surface area contributed by atoms with Crippen molar-refractivity contribution in [3.63, 3.8) is 0 Å². The van der Waals surface area contributed by atoms with Crippen molar-refractivity contribution in [1.82, 2.24) is 4.90 Å². The van der Waals surface area contributed by atoms with E-state index in [0.29, 0.717) is 34.4 Å². The second-order valence-electron chi connectivity index (χ2n) is 5.56. The molecule has 0 radical (unpaired) electrons. The summed E-state index contributed by atoms with van der Waals surface area (Å²) in [5.74, 6) is -0.190. The first-order valence-corrected chi connectivity index (χ1v) is 9.19. The fraction of sp³-hybridized carbons (Fsp3) is 0.300. The quantitative estimate of drug-likeness (QED) is 0.630. The molecule has 0 aliphatic heterocycles. The Hall–Kier alpha value is -2.34. The van der Waals surface area contributed by atoms with Crippen molar-refractivity contribution < 1.29 is 19.1 Å². The summed E-state index contributed by atoms with van der Waals surface area (Å²) in [7, 11) is 1.55. The van der Waals surface area contributed by atoms with Crippen molar-refractivity contribution in [1.29, 1.82) is 0 Å². The van der Waals surface area contributed by atoms with Crippen LogP contribution in [0.4, 0.5) is 0 Å². The lowest BCUT2D eigenvalue weighted by atomic mass is 10.1. The Balaban J connectivity index is 2.30. The zero-order chi connectivity index (χ0) is 19.1. The third-order valence-electron chi connectivity index (χ3n) is 4.01. The number of amides is 1. The first kappa shape index (κ1) is 20.0. The largest absolute Gasteiger partial charge is 0.496 e. The highest BCUT2D eigenvalue weighted by Gasteiger charge is 2.28. The number of carbonyl (C=O) groups excluding carboxylic acids is 2. The van der Waals surface area contributed by atoms with E-state index in [-0.39, 0.29) is 5.91 Å². The minimum absolute atomic E-state index is 0.234. The van der Waals surface area contributed by atoms with Gasteiger partial charge in [0.2, 0.25) is 6.10 Å². The summed E-state index contributed by atoms with van der Waals surface area (Å²) in [5.41, 5.74) is 0.983. The van der Waals surface area contributed by atoms with Gasteiger partial charge in [-0.15, -0.1) is 0 Å². The minimum Gasteiger partial charge on any atom is -0.496 e. The van der Waals surface area contributed by atoms with Gasteiger partial charge in [0.1, 0.15) is 5.75 Å². The van der Waals surface area contributed by atoms with Crippen LogP contribution in [0.2, 0.25) is 0 Å². The average molecular weight is 420 g/mol. The van der Waals surface area contributed by atoms with E-state index in [1.54, 1.807) is 42.3 Å². The molecule has 0 aliphatic carbocycles. The standard InChI is InChI=1S/C20H22BrNO4/c1-4-22(5-2)19(23)18(14-9-7-6-8-10-14)26-20(24)15-11-12-17(25-3)16(21)13-15/h6-13,18H,4-5H2,1-3H3/t18-/m0/s1. The van der Waals surface area contributed by atoms with Gasteiger partial charge in [0.15, 0.2) is 0 Å². The molecule has 0 saturated carbocycles. The van der Waals surface area contributed by atoms with Gasteiger partial charge < -0.3 is 14.4 Å². The highest BCUT2D eigenvalue weighted by molar-refractivity contribution is 9.10. The lowest BCUT2D eigenvalue weighted by Gasteiger charge is -2.25. The summed E-state index contributed by atoms with van der Waals surface area (Å²) in [6.45, 7) is 4.88. The van der Waals surface area contributed by atoms with Crippen molar-refractivity contribution in [3.05, 3.63) is 64.1 Å². The smallest absolute Gasteiger partial charge is 0.339 e. The summed E-state index contributed by atoms with van der Waals surface area (Å²) in [4.78, 5) is 27.1. The second-order valence-corrected chi connectivity index (χ2v) is 6.41. The molecular weight excluding hydrogens is 398 g/mol. The van der Waals surface area contributed by atoms with Crippen LogP contribution in [0.5, 0.6) is 5.75 Å². The van der Waals surface area contributed by atoms with E-state index < -0.39 is 12.1 Å². The van der Waals surface area contributed by atoms with E-state index in [2.05, 4.69) is 15.9 Å². The van der Waals surface area contributed by atoms with Gasteiger partial charge in [-0.1, -0.05) is 30.3 Å². The van der Waals surface area contributed by atoms with Gasteiger partial charge in [0.05, 0.1) is 17.1 Å². The summed E-state index contributed by atoms with van der Waals surface area (Å²) < 4.78 is 11.4. The molecule has 1 amide bonds. The van der Waals surface area contributed by atoms with Gasteiger partial charge in [0, 0.05) is 18.7 Å². The molecule has 0 heterocycles. The van der Waals surface area contributed by atoms with E-state index in [9.17, 15) is 9.59 Å². The number of likely N-dealkylation sites (N-methyl/N-ethyl adjacent to an activating group) is 1. The molecule has 138 valence electrons. The van der Waals surface area contributed by atoms with Crippen LogP contribution >= 0.6 is 15.9 Å². The fourth-order valence-corrected chi connectivity index (χ4v) is 3.10. The number of esters is 1. The number of benzene rings is 2. The molecule has 6 heteroatoms. The maximum absolute atomic E-state index is 12.9. The molecule has 2 aromatic rings. The molecule has 2 rings (SSSR count). The summed E-state index contributed by atoms with van der Waals surface area (Å²) in [5, 5.41) is 0. The van der Waals surface area contributed by atoms with Crippen molar-refractivity contribution in [2.24, 2.45) is 0 Å². The van der Waals surface area contributed by atoms with Crippen LogP contribution in [-0.2, 0) is 9.53 Å². The average Bonchev–Trinajstić information content (AvgIpc) is 2.67. The molecule has 0 aliphatic rings. The number of carbonyl (C=O) groups is 2. The van der Waals surface area contributed by atoms with Gasteiger partial charge in [-0.25, -0.2) is 4.79 Å². The number of nitrogens with zero attached hydrogens (tertiary/aromatic N) is 1. The lowest BCUT2D eigenvalue weighted by molar-refractivity contribution is -0.140. The normalized spacial score (nSPS) is 11.5. The van der Waals surface area contributed by atoms with Crippen molar-refractivity contribution in [3.8, 4) is 5.75 Å². The molecule has 1 atom stereocenters. The molecule has 0 spiro atoms. The number of methoxy groups -OCH3 is 1. The van der Waals surface area contributed by atoms with E-state index in [0.717, 1.165) is 0 Å². The van der Waals surface area contributed by atoms with Gasteiger partial charge in [-0.3, -0.25) is 4.79 Å². The Morgan fingerprint density at radius 2 is 1.73 bits per heavy atom. The zero-order valence-corrected chi connectivity index (χ0v) is 16.7. The molecular formula is C20H22BrNO4. The predicted molar refractivity (Wildman–Crippen MR) is 103 cm³/mol. The molecule has 26 heavy (non-hydrogen) atoms. The van der Waals surface area contributed by atoms with Crippen LogP contribution in [-0.4, -0.2) is 37.0 Å². The van der Waals surface area contributed by atoms with Gasteiger partial charge in [0.25, 0.3) is 5.91 Å². The molecule has 0 fully saturated rings. The number of rotatable bonds is 7. The van der Waals surface area contributed by atoms with Crippen LogP contribution in [0.15, 0.2) is 53.0 Å². The molecule has 0 unspecified atom stereocenters. The van der Waals surface area contributed by atoms with Crippen LogP contribution in [0.25, 0.3) is 0 Å². The summed E-state index contributed by atoms with van der Waals surface area (Å²) in [6, 6.07) is 13.9. The Morgan fingerprint density at radius 1 is 1.08 bits per heavy atom. The molecule has 0 N–H and O–H groups in total. The van der Waals surface area contributed by atoms with Crippen LogP contribution < -0.4 is 4.74 Å². The molecule has 0 aromatic heterocycles. The first-order valence-electron chi connectivity index (χ1n) is 8.40. The molecule has 2 aromatic carbocycles. The molecule has 0 bridgehead atoms. The van der Waals surface area contributed by atoms with Crippen LogP contribution in [0.1, 0.15) is 35.9 Å². The van der Waals surface area contributed by atoms with E-state index in [1.165, 1.54) is 0 Å². The summed E-state index contributed by atoms with van der Waals surface area (Å²) in [6.07, 6.45) is -0.982. The Bertz CT molecular complexity index is 760. The Labute approximate surface area is 162 Å². The summed E-state index contributed by atoms with van der Waals surface area (Å²) >= 11 is 3.35. The second kappa shape index (κ2) is 9.38. The Morgan fingerprint density at radius 3 is 2.27 bits per heavy atom. The van der Waals surface area contributed by atoms with Gasteiger partial charge >= 0.3 is 5.97 Å². The fourth-order valence-electron chi connectivity index (χ4n) is 2.56. The number of ether oxygens (including phenoxy) is 2. The number of hydrogen-bond donors (Lipinski definition) is 0. The SMILES string of the molecule is CCN(CC)C(=O)[C@@H](OC(=O)c1ccc(OC)c(Br)c1)c1ccccc1. The van der Waals surface area contributed by atoms with Crippen molar-refractivity contribution in [2.45, 2.75) is 20.0 Å². The van der Waals surface area contributed by atoms with Gasteiger partial charge in [-0.05, 0) is 48.0 Å². The highest BCUT2D eigenvalue weighted by Crippen LogP contribution is 2.27. The van der Waals surface area contributed by atoms with E-state index >= 15 is 0 Å². The van der Waals surface area contributed by atoms with E-state index in [4.69, 9.17) is 9.47 Å². The highest BCUT2D eigenvalue weighted by atomic mass is 79.9.